The third-order valence-corrected chi connectivity index (χ3v) is 3.01. The van der Waals surface area contributed by atoms with E-state index >= 15 is 0 Å². The first-order valence-corrected chi connectivity index (χ1v) is 5.76. The monoisotopic (exact) mass is 257 g/mol. The van der Waals surface area contributed by atoms with Crippen molar-refractivity contribution in [3.05, 3.63) is 48.4 Å². The molecule has 1 aromatic carbocycles. The average Bonchev–Trinajstić information content (AvgIpc) is 2.98. The number of nitrogens with two attached hydrogens (primary N) is 1. The Morgan fingerprint density at radius 3 is 2.79 bits per heavy atom. The van der Waals surface area contributed by atoms with Gasteiger partial charge < -0.3 is 10.3 Å². The van der Waals surface area contributed by atoms with Crippen molar-refractivity contribution in [2.24, 2.45) is 0 Å². The highest BCUT2D eigenvalue weighted by Gasteiger charge is 2.11. The van der Waals surface area contributed by atoms with Crippen molar-refractivity contribution in [2.75, 3.05) is 5.73 Å². The van der Waals surface area contributed by atoms with Gasteiger partial charge in [0.2, 0.25) is 0 Å². The van der Waals surface area contributed by atoms with Crippen molar-refractivity contribution >= 4 is 5.82 Å². The maximum absolute atomic E-state index is 14.2. The molecule has 0 spiro atoms. The zero-order chi connectivity index (χ0) is 13.4. The van der Waals surface area contributed by atoms with Gasteiger partial charge >= 0.3 is 0 Å². The van der Waals surface area contributed by atoms with Gasteiger partial charge in [0, 0.05) is 18.0 Å². The normalized spacial score (nSPS) is 10.8. The zero-order valence-corrected chi connectivity index (χ0v) is 10.3. The summed E-state index contributed by atoms with van der Waals surface area (Å²) in [6.07, 6.45) is 4.93. The average molecular weight is 257 g/mol. The molecule has 3 N–H and O–H groups in total. The third kappa shape index (κ3) is 1.87. The largest absolute Gasteiger partial charge is 0.384 e. The predicted molar refractivity (Wildman–Crippen MR) is 70.3 cm³/mol. The summed E-state index contributed by atoms with van der Waals surface area (Å²) in [6, 6.07) is 4.95. The van der Waals surface area contributed by atoms with Crippen LogP contribution in [0, 0.1) is 12.7 Å². The van der Waals surface area contributed by atoms with Gasteiger partial charge in [-0.15, -0.1) is 0 Å². The van der Waals surface area contributed by atoms with E-state index < -0.39 is 0 Å². The van der Waals surface area contributed by atoms with Gasteiger partial charge in [-0.25, -0.2) is 9.37 Å². The van der Waals surface area contributed by atoms with Gasteiger partial charge in [0.05, 0.1) is 11.9 Å². The smallest absolute Gasteiger partial charge is 0.147 e. The first kappa shape index (κ1) is 11.5. The summed E-state index contributed by atoms with van der Waals surface area (Å²) in [7, 11) is 0. The van der Waals surface area contributed by atoms with Crippen molar-refractivity contribution in [2.45, 2.75) is 6.92 Å². The molecule has 0 amide bonds. The number of aromatic amines is 1. The molecule has 5 nitrogen and oxygen atoms in total. The van der Waals surface area contributed by atoms with Crippen LogP contribution in [0.2, 0.25) is 0 Å². The van der Waals surface area contributed by atoms with Crippen LogP contribution in [0.3, 0.4) is 0 Å². The van der Waals surface area contributed by atoms with Crippen molar-refractivity contribution in [3.8, 4) is 16.8 Å². The van der Waals surface area contributed by atoms with E-state index in [9.17, 15) is 4.39 Å². The first-order chi connectivity index (χ1) is 9.16. The van der Waals surface area contributed by atoms with Gasteiger partial charge in [0.1, 0.15) is 17.5 Å². The van der Waals surface area contributed by atoms with E-state index in [-0.39, 0.29) is 5.82 Å². The molecule has 0 saturated carbocycles. The number of anilines is 1. The summed E-state index contributed by atoms with van der Waals surface area (Å²) in [5.41, 5.74) is 7.56. The minimum atomic E-state index is -0.334. The Morgan fingerprint density at radius 2 is 2.21 bits per heavy atom. The molecule has 3 rings (SSSR count). The Labute approximate surface area is 108 Å². The fraction of sp³-hybridized carbons (Fsp3) is 0.0769. The summed E-state index contributed by atoms with van der Waals surface area (Å²) < 4.78 is 15.9. The Morgan fingerprint density at radius 1 is 1.37 bits per heavy atom. The van der Waals surface area contributed by atoms with Crippen LogP contribution < -0.4 is 5.73 Å². The Bertz CT molecular complexity index is 728. The van der Waals surface area contributed by atoms with Crippen LogP contribution in [0.5, 0.6) is 0 Å². The highest BCUT2D eigenvalue weighted by atomic mass is 19.1. The molecule has 0 unspecified atom stereocenters. The number of nitrogen functional groups attached to an aromatic ring is 1. The summed E-state index contributed by atoms with van der Waals surface area (Å²) in [4.78, 5) is 4.08. The fourth-order valence-corrected chi connectivity index (χ4v) is 2.03. The van der Waals surface area contributed by atoms with Crippen LogP contribution in [0.25, 0.3) is 16.8 Å². The third-order valence-electron chi connectivity index (χ3n) is 3.01. The number of rotatable bonds is 2. The van der Waals surface area contributed by atoms with E-state index in [1.54, 1.807) is 35.3 Å². The van der Waals surface area contributed by atoms with E-state index in [1.807, 2.05) is 6.92 Å². The van der Waals surface area contributed by atoms with E-state index in [1.165, 1.54) is 6.07 Å². The number of hydrogen-bond acceptors (Lipinski definition) is 3. The molecule has 2 aromatic heterocycles. The molecule has 0 atom stereocenters. The summed E-state index contributed by atoms with van der Waals surface area (Å²) in [5.74, 6) is 0.819. The van der Waals surface area contributed by atoms with Gasteiger partial charge in [-0.2, -0.15) is 5.10 Å². The lowest BCUT2D eigenvalue weighted by Crippen LogP contribution is -1.99. The molecule has 2 heterocycles. The summed E-state index contributed by atoms with van der Waals surface area (Å²) >= 11 is 0. The highest BCUT2D eigenvalue weighted by molar-refractivity contribution is 5.73. The Balaban J connectivity index is 2.09. The quantitative estimate of drug-likeness (QED) is 0.739. The van der Waals surface area contributed by atoms with Crippen molar-refractivity contribution < 1.29 is 4.39 Å². The van der Waals surface area contributed by atoms with E-state index in [4.69, 9.17) is 5.73 Å². The molecule has 3 aromatic rings. The SMILES string of the molecule is Cc1nccn1-c1ccc(-c2cn[nH]c2N)cc1F. The molecule has 0 aliphatic carbocycles. The predicted octanol–water partition coefficient (Wildman–Crippen LogP) is 2.29. The van der Waals surface area contributed by atoms with E-state index in [2.05, 4.69) is 15.2 Å². The Kier molecular flexibility index (Phi) is 2.56. The molecule has 0 bridgehead atoms. The summed E-state index contributed by atoms with van der Waals surface area (Å²) in [5, 5.41) is 6.45. The second-order valence-electron chi connectivity index (χ2n) is 4.21. The molecular formula is C13H12FN5. The van der Waals surface area contributed by atoms with Crippen LogP contribution in [-0.4, -0.2) is 19.7 Å². The lowest BCUT2D eigenvalue weighted by atomic mass is 10.1. The van der Waals surface area contributed by atoms with Crippen LogP contribution in [0.15, 0.2) is 36.8 Å². The van der Waals surface area contributed by atoms with Crippen LogP contribution >= 0.6 is 0 Å². The van der Waals surface area contributed by atoms with Gasteiger partial charge in [-0.3, -0.25) is 5.10 Å². The van der Waals surface area contributed by atoms with Crippen molar-refractivity contribution in [1.82, 2.24) is 19.7 Å². The standard InChI is InChI=1S/C13H12FN5/c1-8-16-4-5-19(8)12-3-2-9(6-11(12)14)10-7-17-18-13(10)15/h2-7H,1H3,(H3,15,17,18). The van der Waals surface area contributed by atoms with Crippen molar-refractivity contribution in [3.63, 3.8) is 0 Å². The molecule has 6 heteroatoms. The van der Waals surface area contributed by atoms with Gasteiger partial charge in [0.25, 0.3) is 0 Å². The molecule has 0 aliphatic heterocycles. The number of nitrogens with one attached hydrogen (secondary N) is 1. The molecule has 96 valence electrons. The lowest BCUT2D eigenvalue weighted by Gasteiger charge is -2.08. The molecule has 0 fully saturated rings. The molecule has 0 saturated heterocycles. The second-order valence-corrected chi connectivity index (χ2v) is 4.21. The van der Waals surface area contributed by atoms with E-state index in [0.717, 1.165) is 5.82 Å². The summed E-state index contributed by atoms with van der Waals surface area (Å²) in [6.45, 7) is 1.82. The Hall–Kier alpha value is -2.63. The van der Waals surface area contributed by atoms with Crippen LogP contribution in [-0.2, 0) is 0 Å². The van der Waals surface area contributed by atoms with Gasteiger partial charge in [0.15, 0.2) is 0 Å². The highest BCUT2D eigenvalue weighted by Crippen LogP contribution is 2.26. The molecule has 0 radical (unpaired) electrons. The molecular weight excluding hydrogens is 245 g/mol. The maximum atomic E-state index is 14.2. The molecule has 0 aliphatic rings. The lowest BCUT2D eigenvalue weighted by molar-refractivity contribution is 0.617. The van der Waals surface area contributed by atoms with Crippen molar-refractivity contribution in [1.29, 1.82) is 0 Å². The number of benzene rings is 1. The minimum absolute atomic E-state index is 0.334. The molecule has 19 heavy (non-hydrogen) atoms. The topological polar surface area (TPSA) is 72.5 Å². The number of nitrogens with zero attached hydrogens (tertiary/aromatic N) is 3. The number of aromatic nitrogens is 4. The van der Waals surface area contributed by atoms with Gasteiger partial charge in [-0.1, -0.05) is 6.07 Å². The number of halogens is 1. The second kappa shape index (κ2) is 4.24. The zero-order valence-electron chi connectivity index (χ0n) is 10.3. The minimum Gasteiger partial charge on any atom is -0.384 e. The van der Waals surface area contributed by atoms with Crippen LogP contribution in [0.1, 0.15) is 5.82 Å². The van der Waals surface area contributed by atoms with Crippen LogP contribution in [0.4, 0.5) is 10.2 Å². The number of hydrogen-bond donors (Lipinski definition) is 2. The fourth-order valence-electron chi connectivity index (χ4n) is 2.03. The van der Waals surface area contributed by atoms with E-state index in [0.29, 0.717) is 22.6 Å². The van der Waals surface area contributed by atoms with Gasteiger partial charge in [-0.05, 0) is 24.6 Å². The number of imidazole rings is 1. The first-order valence-electron chi connectivity index (χ1n) is 5.76. The number of aryl methyl sites for hydroxylation is 1. The number of H-pyrrole nitrogens is 1. The maximum Gasteiger partial charge on any atom is 0.147 e.